The van der Waals surface area contributed by atoms with Crippen LogP contribution in [0, 0.1) is 3.77 Å². The van der Waals surface area contributed by atoms with Gasteiger partial charge in [-0.15, -0.1) is 0 Å². The molecule has 0 N–H and O–H groups in total. The lowest BCUT2D eigenvalue weighted by molar-refractivity contribution is 0.122. The van der Waals surface area contributed by atoms with Crippen LogP contribution in [0.4, 0.5) is 11.4 Å². The number of hydrogen-bond acceptors (Lipinski definition) is 4. The molecule has 1 saturated heterocycles. The molecule has 0 atom stereocenters. The third-order valence-electron chi connectivity index (χ3n) is 3.23. The lowest BCUT2D eigenvalue weighted by Crippen LogP contribution is -2.36. The second-order valence-corrected chi connectivity index (χ2v) is 6.48. The van der Waals surface area contributed by atoms with E-state index in [9.17, 15) is 0 Å². The maximum absolute atomic E-state index is 5.52. The SMILES string of the molecule is Brc1cc(C=Nc2ccc(N3CCOCC3)cc2)oc1I. The molecule has 0 bridgehead atoms. The Morgan fingerprint density at radius 1 is 1.19 bits per heavy atom. The van der Waals surface area contributed by atoms with Gasteiger partial charge in [0.05, 0.1) is 29.6 Å². The van der Waals surface area contributed by atoms with Crippen molar-refractivity contribution < 1.29 is 9.15 Å². The minimum Gasteiger partial charge on any atom is -0.448 e. The Labute approximate surface area is 145 Å². The Balaban J connectivity index is 1.69. The summed E-state index contributed by atoms with van der Waals surface area (Å²) in [4.78, 5) is 6.75. The first kappa shape index (κ1) is 15.1. The van der Waals surface area contributed by atoms with Gasteiger partial charge in [-0.3, -0.25) is 4.99 Å². The highest BCUT2D eigenvalue weighted by atomic mass is 127. The molecule has 1 aromatic carbocycles. The minimum atomic E-state index is 0.739. The van der Waals surface area contributed by atoms with Crippen molar-refractivity contribution in [3.63, 3.8) is 0 Å². The second kappa shape index (κ2) is 6.93. The van der Waals surface area contributed by atoms with Crippen molar-refractivity contribution in [3.8, 4) is 0 Å². The smallest absolute Gasteiger partial charge is 0.178 e. The fraction of sp³-hybridized carbons (Fsp3) is 0.267. The van der Waals surface area contributed by atoms with Crippen molar-refractivity contribution in [2.24, 2.45) is 4.99 Å². The van der Waals surface area contributed by atoms with Gasteiger partial charge in [0.2, 0.25) is 0 Å². The highest BCUT2D eigenvalue weighted by Crippen LogP contribution is 2.24. The molecule has 4 nitrogen and oxygen atoms in total. The van der Waals surface area contributed by atoms with Crippen LogP contribution in [0.5, 0.6) is 0 Å². The van der Waals surface area contributed by atoms with Gasteiger partial charge in [-0.25, -0.2) is 0 Å². The number of hydrogen-bond donors (Lipinski definition) is 0. The van der Waals surface area contributed by atoms with Gasteiger partial charge in [0.15, 0.2) is 3.77 Å². The molecule has 2 heterocycles. The third kappa shape index (κ3) is 3.87. The van der Waals surface area contributed by atoms with Crippen molar-refractivity contribution in [1.82, 2.24) is 0 Å². The molecule has 1 aromatic heterocycles. The molecule has 1 fully saturated rings. The van der Waals surface area contributed by atoms with E-state index in [1.54, 1.807) is 6.21 Å². The fourth-order valence-corrected chi connectivity index (χ4v) is 2.85. The number of morpholine rings is 1. The van der Waals surface area contributed by atoms with E-state index in [0.29, 0.717) is 0 Å². The topological polar surface area (TPSA) is 38.0 Å². The van der Waals surface area contributed by atoms with Gasteiger partial charge >= 0.3 is 0 Å². The van der Waals surface area contributed by atoms with E-state index in [1.807, 2.05) is 18.2 Å². The summed E-state index contributed by atoms with van der Waals surface area (Å²) in [5.41, 5.74) is 2.13. The predicted molar refractivity (Wildman–Crippen MR) is 95.9 cm³/mol. The Bertz CT molecular complexity index is 614. The van der Waals surface area contributed by atoms with E-state index in [-0.39, 0.29) is 0 Å². The molecule has 21 heavy (non-hydrogen) atoms. The molecule has 0 unspecified atom stereocenters. The lowest BCUT2D eigenvalue weighted by Gasteiger charge is -2.28. The minimum absolute atomic E-state index is 0.739. The molecule has 0 saturated carbocycles. The first-order valence-corrected chi connectivity index (χ1v) is 8.51. The molecule has 2 aromatic rings. The maximum Gasteiger partial charge on any atom is 0.178 e. The molecule has 0 spiro atoms. The summed E-state index contributed by atoms with van der Waals surface area (Å²) < 4.78 is 12.7. The summed E-state index contributed by atoms with van der Waals surface area (Å²) in [6.07, 6.45) is 1.73. The Kier molecular flexibility index (Phi) is 4.97. The summed E-state index contributed by atoms with van der Waals surface area (Å²) >= 11 is 5.55. The zero-order valence-electron chi connectivity index (χ0n) is 11.3. The summed E-state index contributed by atoms with van der Waals surface area (Å²) in [7, 11) is 0. The van der Waals surface area contributed by atoms with Crippen LogP contribution in [0.3, 0.4) is 0 Å². The number of aliphatic imine (C=N–C) groups is 1. The van der Waals surface area contributed by atoms with Crippen LogP contribution in [0.2, 0.25) is 0 Å². The predicted octanol–water partition coefficient (Wildman–Crippen LogP) is 4.23. The number of ether oxygens (including phenoxy) is 1. The van der Waals surface area contributed by atoms with E-state index in [1.165, 1.54) is 5.69 Å². The average Bonchev–Trinajstić information content (AvgIpc) is 2.85. The van der Waals surface area contributed by atoms with Crippen molar-refractivity contribution in [2.75, 3.05) is 31.2 Å². The van der Waals surface area contributed by atoms with E-state index in [2.05, 4.69) is 60.5 Å². The first-order chi connectivity index (χ1) is 10.2. The van der Waals surface area contributed by atoms with Gasteiger partial charge in [-0.1, -0.05) is 0 Å². The number of nitrogens with zero attached hydrogens (tertiary/aromatic N) is 2. The van der Waals surface area contributed by atoms with Gasteiger partial charge in [0, 0.05) is 47.4 Å². The molecule has 1 aliphatic rings. The molecular weight excluding hydrogens is 447 g/mol. The number of halogens is 2. The second-order valence-electron chi connectivity index (χ2n) is 4.64. The largest absolute Gasteiger partial charge is 0.448 e. The van der Waals surface area contributed by atoms with Crippen LogP contribution >= 0.6 is 38.5 Å². The molecule has 0 amide bonds. The van der Waals surface area contributed by atoms with Gasteiger partial charge in [-0.2, -0.15) is 0 Å². The van der Waals surface area contributed by atoms with Gasteiger partial charge < -0.3 is 14.1 Å². The van der Waals surface area contributed by atoms with Gasteiger partial charge in [0.25, 0.3) is 0 Å². The van der Waals surface area contributed by atoms with Crippen molar-refractivity contribution in [2.45, 2.75) is 0 Å². The van der Waals surface area contributed by atoms with E-state index in [0.717, 1.165) is 46.0 Å². The van der Waals surface area contributed by atoms with Crippen LogP contribution in [0.15, 0.2) is 44.2 Å². The fourth-order valence-electron chi connectivity index (χ4n) is 2.14. The zero-order chi connectivity index (χ0) is 14.7. The van der Waals surface area contributed by atoms with Crippen LogP contribution < -0.4 is 4.90 Å². The highest BCUT2D eigenvalue weighted by Gasteiger charge is 2.10. The van der Waals surface area contributed by atoms with Crippen molar-refractivity contribution in [3.05, 3.63) is 44.3 Å². The third-order valence-corrected chi connectivity index (χ3v) is 5.36. The number of furan rings is 1. The molecule has 6 heteroatoms. The summed E-state index contributed by atoms with van der Waals surface area (Å²) in [6.45, 7) is 3.49. The van der Waals surface area contributed by atoms with E-state index >= 15 is 0 Å². The first-order valence-electron chi connectivity index (χ1n) is 6.64. The molecule has 1 aliphatic heterocycles. The standard InChI is InChI=1S/C15H14BrIN2O2/c16-14-9-13(21-15(14)17)10-18-11-1-3-12(4-2-11)19-5-7-20-8-6-19/h1-4,9-10H,5-8H2. The van der Waals surface area contributed by atoms with Gasteiger partial charge in [0.1, 0.15) is 5.76 Å². The Hall–Kier alpha value is -0.860. The van der Waals surface area contributed by atoms with Gasteiger partial charge in [-0.05, 0) is 40.2 Å². The van der Waals surface area contributed by atoms with E-state index in [4.69, 9.17) is 9.15 Å². The zero-order valence-corrected chi connectivity index (χ0v) is 15.0. The molecule has 110 valence electrons. The van der Waals surface area contributed by atoms with Crippen LogP contribution in [0.1, 0.15) is 5.76 Å². The molecular formula is C15H14BrIN2O2. The summed E-state index contributed by atoms with van der Waals surface area (Å²) in [5.74, 6) is 0.739. The molecule has 3 rings (SSSR count). The van der Waals surface area contributed by atoms with Crippen LogP contribution in [-0.4, -0.2) is 32.5 Å². The summed E-state index contributed by atoms with van der Waals surface area (Å²) in [6, 6.07) is 10.1. The van der Waals surface area contributed by atoms with Crippen molar-refractivity contribution in [1.29, 1.82) is 0 Å². The molecule has 0 aliphatic carbocycles. The number of anilines is 1. The average molecular weight is 461 g/mol. The molecule has 0 radical (unpaired) electrons. The highest BCUT2D eigenvalue weighted by molar-refractivity contribution is 14.1. The Morgan fingerprint density at radius 3 is 2.52 bits per heavy atom. The normalized spacial score (nSPS) is 15.8. The number of benzene rings is 1. The van der Waals surface area contributed by atoms with Crippen molar-refractivity contribution >= 4 is 56.1 Å². The Morgan fingerprint density at radius 2 is 1.90 bits per heavy atom. The van der Waals surface area contributed by atoms with Crippen LogP contribution in [0.25, 0.3) is 0 Å². The van der Waals surface area contributed by atoms with E-state index < -0.39 is 0 Å². The van der Waals surface area contributed by atoms with Crippen LogP contribution in [-0.2, 0) is 4.74 Å². The lowest BCUT2D eigenvalue weighted by atomic mass is 10.2. The maximum atomic E-state index is 5.52. The quantitative estimate of drug-likeness (QED) is 0.508. The summed E-state index contributed by atoms with van der Waals surface area (Å²) in [5, 5.41) is 0. The number of rotatable bonds is 3. The monoisotopic (exact) mass is 460 g/mol.